The fraction of sp³-hybridized carbons (Fsp3) is 0.692. The number of nitrogens with zero attached hydrogens (tertiary/aromatic N) is 2. The highest BCUT2D eigenvalue weighted by Crippen LogP contribution is 2.27. The predicted molar refractivity (Wildman–Crippen MR) is 66.4 cm³/mol. The molecule has 2 saturated heterocycles. The Kier molecular flexibility index (Phi) is 2.86. The number of aryl methyl sites for hydroxylation is 2. The summed E-state index contributed by atoms with van der Waals surface area (Å²) >= 11 is 0. The number of aromatic nitrogens is 1. The van der Waals surface area contributed by atoms with E-state index in [9.17, 15) is 4.79 Å². The Morgan fingerprint density at radius 2 is 2.28 bits per heavy atom. The highest BCUT2D eigenvalue weighted by atomic mass is 16.5. The van der Waals surface area contributed by atoms with Crippen LogP contribution in [0.5, 0.6) is 0 Å². The van der Waals surface area contributed by atoms with Crippen molar-refractivity contribution in [3.05, 3.63) is 17.0 Å². The van der Waals surface area contributed by atoms with Gasteiger partial charge in [0.15, 0.2) is 0 Å². The first-order chi connectivity index (χ1) is 8.66. The van der Waals surface area contributed by atoms with Gasteiger partial charge in [-0.1, -0.05) is 5.16 Å². The highest BCUT2D eigenvalue weighted by molar-refractivity contribution is 5.96. The molecule has 1 amide bonds. The standard InChI is InChI=1S/C13H19N3O2/c1-8-12(9(2)18-15-8)13(17)16-6-10-4-3-5-14-11(10)7-16/h10-11,14H,3-7H2,1-2H3. The van der Waals surface area contributed by atoms with Crippen molar-refractivity contribution < 1.29 is 9.32 Å². The molecule has 2 aliphatic rings. The average Bonchev–Trinajstić information content (AvgIpc) is 2.92. The van der Waals surface area contributed by atoms with Crippen molar-refractivity contribution in [3.8, 4) is 0 Å². The minimum Gasteiger partial charge on any atom is -0.361 e. The summed E-state index contributed by atoms with van der Waals surface area (Å²) in [7, 11) is 0. The average molecular weight is 249 g/mol. The number of carbonyl (C=O) groups is 1. The van der Waals surface area contributed by atoms with E-state index in [-0.39, 0.29) is 5.91 Å². The van der Waals surface area contributed by atoms with Gasteiger partial charge < -0.3 is 14.7 Å². The zero-order chi connectivity index (χ0) is 12.7. The van der Waals surface area contributed by atoms with Crippen LogP contribution in [-0.2, 0) is 0 Å². The molecule has 2 aliphatic heterocycles. The van der Waals surface area contributed by atoms with Gasteiger partial charge in [-0.2, -0.15) is 0 Å². The van der Waals surface area contributed by atoms with Gasteiger partial charge in [0.25, 0.3) is 5.91 Å². The summed E-state index contributed by atoms with van der Waals surface area (Å²) in [5.41, 5.74) is 1.34. The van der Waals surface area contributed by atoms with E-state index in [0.29, 0.717) is 29.0 Å². The highest BCUT2D eigenvalue weighted by Gasteiger charge is 2.37. The van der Waals surface area contributed by atoms with Crippen LogP contribution in [0, 0.1) is 19.8 Å². The molecule has 18 heavy (non-hydrogen) atoms. The first kappa shape index (κ1) is 11.7. The van der Waals surface area contributed by atoms with Crippen molar-refractivity contribution in [1.82, 2.24) is 15.4 Å². The third-order valence-electron chi connectivity index (χ3n) is 4.13. The maximum absolute atomic E-state index is 12.5. The summed E-state index contributed by atoms with van der Waals surface area (Å²) in [4.78, 5) is 14.4. The van der Waals surface area contributed by atoms with E-state index in [2.05, 4.69) is 10.5 Å². The first-order valence-electron chi connectivity index (χ1n) is 6.62. The second-order valence-corrected chi connectivity index (χ2v) is 5.37. The number of hydrogen-bond donors (Lipinski definition) is 1. The molecular formula is C13H19N3O2. The molecule has 0 saturated carbocycles. The molecule has 3 heterocycles. The van der Waals surface area contributed by atoms with Gasteiger partial charge in [-0.15, -0.1) is 0 Å². The summed E-state index contributed by atoms with van der Waals surface area (Å²) in [5, 5.41) is 7.37. The molecule has 1 aromatic rings. The Labute approximate surface area is 107 Å². The Hall–Kier alpha value is -1.36. The van der Waals surface area contributed by atoms with E-state index in [1.165, 1.54) is 12.8 Å². The Bertz CT molecular complexity index is 435. The van der Waals surface area contributed by atoms with Gasteiger partial charge in [-0.05, 0) is 39.2 Å². The molecule has 0 radical (unpaired) electrons. The van der Waals surface area contributed by atoms with Gasteiger partial charge in [-0.25, -0.2) is 0 Å². The number of fused-ring (bicyclic) bond motifs is 1. The fourth-order valence-electron chi connectivity index (χ4n) is 3.16. The van der Waals surface area contributed by atoms with E-state index in [0.717, 1.165) is 19.6 Å². The summed E-state index contributed by atoms with van der Waals surface area (Å²) in [6.07, 6.45) is 2.44. The molecule has 0 bridgehead atoms. The molecule has 1 aromatic heterocycles. The lowest BCUT2D eigenvalue weighted by molar-refractivity contribution is 0.0783. The number of piperidine rings is 1. The van der Waals surface area contributed by atoms with Crippen molar-refractivity contribution in [2.75, 3.05) is 19.6 Å². The van der Waals surface area contributed by atoms with Crippen LogP contribution < -0.4 is 5.32 Å². The van der Waals surface area contributed by atoms with Gasteiger partial charge in [0, 0.05) is 19.1 Å². The van der Waals surface area contributed by atoms with Crippen LogP contribution >= 0.6 is 0 Å². The Morgan fingerprint density at radius 3 is 2.94 bits per heavy atom. The molecule has 2 atom stereocenters. The van der Waals surface area contributed by atoms with Crippen molar-refractivity contribution in [3.63, 3.8) is 0 Å². The number of rotatable bonds is 1. The van der Waals surface area contributed by atoms with Gasteiger partial charge in [-0.3, -0.25) is 4.79 Å². The first-order valence-corrected chi connectivity index (χ1v) is 6.62. The minimum atomic E-state index is 0.0717. The van der Waals surface area contributed by atoms with Crippen LogP contribution in [-0.4, -0.2) is 41.6 Å². The summed E-state index contributed by atoms with van der Waals surface area (Å²) in [6, 6.07) is 0.475. The molecule has 5 nitrogen and oxygen atoms in total. The van der Waals surface area contributed by atoms with E-state index >= 15 is 0 Å². The third kappa shape index (κ3) is 1.82. The Balaban J connectivity index is 1.78. The lowest BCUT2D eigenvalue weighted by Gasteiger charge is -2.24. The van der Waals surface area contributed by atoms with Crippen LogP contribution in [0.3, 0.4) is 0 Å². The zero-order valence-electron chi connectivity index (χ0n) is 10.9. The van der Waals surface area contributed by atoms with Crippen molar-refractivity contribution in [1.29, 1.82) is 0 Å². The molecule has 0 aromatic carbocycles. The topological polar surface area (TPSA) is 58.4 Å². The van der Waals surface area contributed by atoms with E-state index in [1.54, 1.807) is 6.92 Å². The quantitative estimate of drug-likeness (QED) is 0.810. The van der Waals surface area contributed by atoms with Crippen LogP contribution in [0.1, 0.15) is 34.7 Å². The van der Waals surface area contributed by atoms with Crippen LogP contribution in [0.15, 0.2) is 4.52 Å². The van der Waals surface area contributed by atoms with E-state index in [1.807, 2.05) is 11.8 Å². The van der Waals surface area contributed by atoms with Crippen molar-refractivity contribution in [2.24, 2.45) is 5.92 Å². The number of hydrogen-bond acceptors (Lipinski definition) is 4. The maximum atomic E-state index is 12.5. The molecule has 5 heteroatoms. The number of amides is 1. The SMILES string of the molecule is Cc1noc(C)c1C(=O)N1CC2CCCNC2C1. The van der Waals surface area contributed by atoms with Gasteiger partial charge in [0.05, 0.1) is 5.69 Å². The van der Waals surface area contributed by atoms with Gasteiger partial charge in [0.1, 0.15) is 11.3 Å². The zero-order valence-corrected chi connectivity index (χ0v) is 10.9. The van der Waals surface area contributed by atoms with E-state index in [4.69, 9.17) is 4.52 Å². The lowest BCUT2D eigenvalue weighted by atomic mass is 9.94. The predicted octanol–water partition coefficient (Wildman–Crippen LogP) is 1.12. The molecule has 2 unspecified atom stereocenters. The minimum absolute atomic E-state index is 0.0717. The molecule has 0 spiro atoms. The maximum Gasteiger partial charge on any atom is 0.259 e. The summed E-state index contributed by atoms with van der Waals surface area (Å²) in [5.74, 6) is 1.31. The van der Waals surface area contributed by atoms with Gasteiger partial charge >= 0.3 is 0 Å². The van der Waals surface area contributed by atoms with Crippen molar-refractivity contribution >= 4 is 5.91 Å². The van der Waals surface area contributed by atoms with Crippen LogP contribution in [0.2, 0.25) is 0 Å². The number of likely N-dealkylation sites (tertiary alicyclic amines) is 1. The molecule has 3 rings (SSSR count). The molecule has 98 valence electrons. The largest absolute Gasteiger partial charge is 0.361 e. The Morgan fingerprint density at radius 1 is 1.44 bits per heavy atom. The summed E-state index contributed by atoms with van der Waals surface area (Å²) < 4.78 is 5.08. The second kappa shape index (κ2) is 4.39. The molecule has 2 fully saturated rings. The number of carbonyl (C=O) groups excluding carboxylic acids is 1. The van der Waals surface area contributed by atoms with Gasteiger partial charge in [0.2, 0.25) is 0 Å². The van der Waals surface area contributed by atoms with Crippen LogP contribution in [0.4, 0.5) is 0 Å². The molecular weight excluding hydrogens is 230 g/mol. The number of nitrogens with one attached hydrogen (secondary N) is 1. The monoisotopic (exact) mass is 249 g/mol. The lowest BCUT2D eigenvalue weighted by Crippen LogP contribution is -2.41. The molecule has 1 N–H and O–H groups in total. The van der Waals surface area contributed by atoms with E-state index < -0.39 is 0 Å². The van der Waals surface area contributed by atoms with Crippen LogP contribution in [0.25, 0.3) is 0 Å². The third-order valence-corrected chi connectivity index (χ3v) is 4.13. The normalized spacial score (nSPS) is 27.3. The molecule has 0 aliphatic carbocycles. The van der Waals surface area contributed by atoms with Crippen molar-refractivity contribution in [2.45, 2.75) is 32.7 Å². The fourth-order valence-corrected chi connectivity index (χ4v) is 3.16. The second-order valence-electron chi connectivity index (χ2n) is 5.37. The smallest absolute Gasteiger partial charge is 0.259 e. The summed E-state index contributed by atoms with van der Waals surface area (Å²) in [6.45, 7) is 6.38.